The number of fused-ring (bicyclic) bond motifs is 1. The molecule has 0 spiro atoms. The third-order valence-corrected chi connectivity index (χ3v) is 5.46. The Labute approximate surface area is 213 Å². The third kappa shape index (κ3) is 8.03. The molecule has 0 fully saturated rings. The van der Waals surface area contributed by atoms with Crippen LogP contribution in [-0.2, 0) is 6.42 Å². The Morgan fingerprint density at radius 1 is 0.919 bits per heavy atom. The molecule has 4 rings (SSSR count). The first-order chi connectivity index (χ1) is 17.7. The number of aromatic nitrogens is 1. The lowest BCUT2D eigenvalue weighted by Crippen LogP contribution is -2.32. The van der Waals surface area contributed by atoms with Gasteiger partial charge in [0, 0.05) is 18.0 Å². The summed E-state index contributed by atoms with van der Waals surface area (Å²) in [5.41, 5.74) is 7.12. The second-order valence-corrected chi connectivity index (χ2v) is 8.28. The molecule has 1 aromatic heterocycles. The maximum absolute atomic E-state index is 13.7. The van der Waals surface area contributed by atoms with Gasteiger partial charge in [0.15, 0.2) is 13.2 Å². The van der Waals surface area contributed by atoms with Crippen LogP contribution in [0.4, 0.5) is 8.78 Å². The number of phenolic OH excluding ortho intramolecular Hbond substituents is 1. The van der Waals surface area contributed by atoms with Crippen molar-refractivity contribution >= 4 is 10.9 Å². The number of phenols is 1. The van der Waals surface area contributed by atoms with Gasteiger partial charge in [-0.3, -0.25) is 4.79 Å². The van der Waals surface area contributed by atoms with Gasteiger partial charge in [-0.15, -0.1) is 0 Å². The first kappa shape index (κ1) is 27.6. The van der Waals surface area contributed by atoms with E-state index in [2.05, 4.69) is 4.98 Å². The molecule has 3 aromatic carbocycles. The standard InChI is InChI=1S/C17H18F2O2.C11H12N2O3/c1-2-14-8-10-16(11-9-14)21-13-17(18,19)12-20-15-6-4-3-5-7-15;12-5-9(15)6-1-3-8(14)11-7(6)2-4-10(16)13-11/h3-11H,2,12-13H2,1H3;1-4,9,14-15H,5,12H2,(H,13,16). The van der Waals surface area contributed by atoms with E-state index in [1.807, 2.05) is 19.1 Å². The van der Waals surface area contributed by atoms with Crippen molar-refractivity contribution in [2.45, 2.75) is 25.4 Å². The minimum Gasteiger partial charge on any atom is -0.506 e. The molecule has 0 saturated heterocycles. The summed E-state index contributed by atoms with van der Waals surface area (Å²) in [5, 5.41) is 19.9. The van der Waals surface area contributed by atoms with Crippen LogP contribution >= 0.6 is 0 Å². The molecule has 0 amide bonds. The summed E-state index contributed by atoms with van der Waals surface area (Å²) in [6.45, 7) is 0.708. The largest absolute Gasteiger partial charge is 0.506 e. The van der Waals surface area contributed by atoms with E-state index in [9.17, 15) is 23.8 Å². The Bertz CT molecular complexity index is 1330. The van der Waals surface area contributed by atoms with Crippen molar-refractivity contribution in [1.29, 1.82) is 0 Å². The molecule has 0 aliphatic heterocycles. The highest BCUT2D eigenvalue weighted by atomic mass is 19.3. The minimum atomic E-state index is -3.04. The summed E-state index contributed by atoms with van der Waals surface area (Å²) >= 11 is 0. The summed E-state index contributed by atoms with van der Waals surface area (Å²) in [7, 11) is 0. The van der Waals surface area contributed by atoms with Crippen molar-refractivity contribution in [3.63, 3.8) is 0 Å². The zero-order valence-electron chi connectivity index (χ0n) is 20.4. The lowest BCUT2D eigenvalue weighted by Gasteiger charge is -2.18. The SMILES string of the molecule is CCc1ccc(OCC(F)(F)COc2ccccc2)cc1.NCC(O)c1ccc(O)c2[nH]c(=O)ccc12. The van der Waals surface area contributed by atoms with Crippen LogP contribution in [0.5, 0.6) is 17.2 Å². The molecule has 37 heavy (non-hydrogen) atoms. The number of benzene rings is 3. The van der Waals surface area contributed by atoms with Gasteiger partial charge in [-0.2, -0.15) is 8.78 Å². The monoisotopic (exact) mass is 512 g/mol. The highest BCUT2D eigenvalue weighted by molar-refractivity contribution is 5.87. The molecule has 0 bridgehead atoms. The fourth-order valence-electron chi connectivity index (χ4n) is 3.43. The van der Waals surface area contributed by atoms with Crippen molar-refractivity contribution in [3.05, 3.63) is 100 Å². The number of rotatable bonds is 9. The van der Waals surface area contributed by atoms with Gasteiger partial charge in [-0.25, -0.2) is 0 Å². The third-order valence-electron chi connectivity index (χ3n) is 5.46. The molecule has 196 valence electrons. The highest BCUT2D eigenvalue weighted by Gasteiger charge is 2.31. The van der Waals surface area contributed by atoms with Gasteiger partial charge in [-0.1, -0.05) is 43.3 Å². The number of para-hydroxylation sites is 1. The molecule has 0 aliphatic rings. The molecule has 1 atom stereocenters. The smallest absolute Gasteiger partial charge is 0.314 e. The Balaban J connectivity index is 0.000000213. The quantitative estimate of drug-likeness (QED) is 0.261. The lowest BCUT2D eigenvalue weighted by atomic mass is 10.0. The summed E-state index contributed by atoms with van der Waals surface area (Å²) < 4.78 is 37.6. The molecule has 1 unspecified atom stereocenters. The van der Waals surface area contributed by atoms with E-state index in [4.69, 9.17) is 15.2 Å². The molecule has 0 radical (unpaired) electrons. The molecule has 4 aromatic rings. The van der Waals surface area contributed by atoms with E-state index in [0.29, 0.717) is 28.0 Å². The number of nitrogens with one attached hydrogen (secondary N) is 1. The molecular weight excluding hydrogens is 482 g/mol. The van der Waals surface area contributed by atoms with Crippen LogP contribution in [-0.4, -0.2) is 40.9 Å². The number of halogens is 2. The van der Waals surface area contributed by atoms with Gasteiger partial charge in [0.25, 0.3) is 0 Å². The van der Waals surface area contributed by atoms with Crippen molar-refractivity contribution in [2.75, 3.05) is 19.8 Å². The van der Waals surface area contributed by atoms with Crippen molar-refractivity contribution in [2.24, 2.45) is 5.73 Å². The summed E-state index contributed by atoms with van der Waals surface area (Å²) in [4.78, 5) is 13.7. The topological polar surface area (TPSA) is 118 Å². The van der Waals surface area contributed by atoms with Crippen LogP contribution < -0.4 is 20.8 Å². The number of alkyl halides is 2. The summed E-state index contributed by atoms with van der Waals surface area (Å²) in [6.07, 6.45) is 0.0930. The average molecular weight is 513 g/mol. The van der Waals surface area contributed by atoms with E-state index in [-0.39, 0.29) is 17.9 Å². The molecule has 0 saturated carbocycles. The number of hydrogen-bond donors (Lipinski definition) is 4. The number of aliphatic hydroxyl groups is 1. The highest BCUT2D eigenvalue weighted by Crippen LogP contribution is 2.28. The zero-order chi connectivity index (χ0) is 26.8. The Kier molecular flexibility index (Phi) is 9.59. The fraction of sp³-hybridized carbons (Fsp3) is 0.250. The predicted octanol–water partition coefficient (Wildman–Crippen LogP) is 4.57. The first-order valence-electron chi connectivity index (χ1n) is 11.7. The van der Waals surface area contributed by atoms with Crippen LogP contribution in [0.3, 0.4) is 0 Å². The van der Waals surface area contributed by atoms with Crippen molar-refractivity contribution in [1.82, 2.24) is 4.98 Å². The van der Waals surface area contributed by atoms with Gasteiger partial charge in [0.05, 0.1) is 11.6 Å². The minimum absolute atomic E-state index is 0.0272. The van der Waals surface area contributed by atoms with E-state index >= 15 is 0 Å². The van der Waals surface area contributed by atoms with Gasteiger partial charge in [0.2, 0.25) is 5.56 Å². The maximum atomic E-state index is 13.7. The Morgan fingerprint density at radius 2 is 1.54 bits per heavy atom. The van der Waals surface area contributed by atoms with Gasteiger partial charge >= 0.3 is 5.92 Å². The molecule has 7 nitrogen and oxygen atoms in total. The number of aryl methyl sites for hydroxylation is 1. The number of ether oxygens (including phenoxy) is 2. The van der Waals surface area contributed by atoms with Gasteiger partial charge in [-0.05, 0) is 53.9 Å². The number of aromatic hydroxyl groups is 1. The number of hydrogen-bond acceptors (Lipinski definition) is 6. The van der Waals surface area contributed by atoms with Crippen molar-refractivity contribution in [3.8, 4) is 17.2 Å². The number of H-pyrrole nitrogens is 1. The number of aromatic amines is 1. The Hall–Kier alpha value is -3.95. The number of nitrogens with two attached hydrogens (primary N) is 1. The maximum Gasteiger partial charge on any atom is 0.314 e. The molecular formula is C28H30F2N2O5. The molecule has 9 heteroatoms. The van der Waals surface area contributed by atoms with Gasteiger partial charge < -0.3 is 30.4 Å². The fourth-order valence-corrected chi connectivity index (χ4v) is 3.43. The molecule has 1 heterocycles. The van der Waals surface area contributed by atoms with Crippen LogP contribution in [0, 0.1) is 0 Å². The first-order valence-corrected chi connectivity index (χ1v) is 11.7. The van der Waals surface area contributed by atoms with Crippen LogP contribution in [0.25, 0.3) is 10.9 Å². The van der Waals surface area contributed by atoms with E-state index in [1.54, 1.807) is 54.6 Å². The molecule has 5 N–H and O–H groups in total. The molecule has 0 aliphatic carbocycles. The summed E-state index contributed by atoms with van der Waals surface area (Å²) in [6, 6.07) is 21.6. The van der Waals surface area contributed by atoms with E-state index in [1.165, 1.54) is 12.1 Å². The van der Waals surface area contributed by atoms with Gasteiger partial charge in [0.1, 0.15) is 17.2 Å². The lowest BCUT2D eigenvalue weighted by molar-refractivity contribution is -0.0728. The second kappa shape index (κ2) is 12.8. The van der Waals surface area contributed by atoms with E-state index in [0.717, 1.165) is 12.0 Å². The predicted molar refractivity (Wildman–Crippen MR) is 138 cm³/mol. The normalized spacial score (nSPS) is 11.9. The van der Waals surface area contributed by atoms with Crippen molar-refractivity contribution < 1.29 is 28.5 Å². The van der Waals surface area contributed by atoms with Crippen LogP contribution in [0.1, 0.15) is 24.2 Å². The average Bonchev–Trinajstić information content (AvgIpc) is 2.92. The van der Waals surface area contributed by atoms with Crippen LogP contribution in [0.2, 0.25) is 0 Å². The number of aliphatic hydroxyl groups excluding tert-OH is 1. The van der Waals surface area contributed by atoms with Crippen LogP contribution in [0.15, 0.2) is 83.7 Å². The Morgan fingerprint density at radius 3 is 2.14 bits per heavy atom. The zero-order valence-corrected chi connectivity index (χ0v) is 20.4. The summed E-state index contributed by atoms with van der Waals surface area (Å²) in [5.74, 6) is -2.21. The van der Waals surface area contributed by atoms with E-state index < -0.39 is 25.2 Å². The second-order valence-electron chi connectivity index (χ2n) is 8.28. The number of pyridine rings is 1.